The Morgan fingerprint density at radius 3 is 2.57 bits per heavy atom. The number of carbonyl (C=O) groups excluding carboxylic acids is 1. The van der Waals surface area contributed by atoms with Crippen LogP contribution >= 0.6 is 0 Å². The molecule has 0 spiro atoms. The number of hydrogen-bond acceptors (Lipinski definition) is 4. The predicted octanol–water partition coefficient (Wildman–Crippen LogP) is 2.68. The SMILES string of the molecule is O=C(NCCC1CCN(Cc2ccccc2)CC1)c1cnc(C2CC2)[nH]c1=O. The van der Waals surface area contributed by atoms with Crippen molar-refractivity contribution in [2.24, 2.45) is 5.92 Å². The van der Waals surface area contributed by atoms with Gasteiger partial charge in [-0.25, -0.2) is 4.98 Å². The van der Waals surface area contributed by atoms with Crippen molar-refractivity contribution in [3.8, 4) is 0 Å². The molecule has 148 valence electrons. The summed E-state index contributed by atoms with van der Waals surface area (Å²) in [6.07, 6.45) is 6.82. The lowest BCUT2D eigenvalue weighted by atomic mass is 9.93. The Labute approximate surface area is 165 Å². The first kappa shape index (κ1) is 18.9. The highest BCUT2D eigenvalue weighted by Crippen LogP contribution is 2.37. The first-order chi connectivity index (χ1) is 13.7. The van der Waals surface area contributed by atoms with E-state index < -0.39 is 0 Å². The third-order valence-electron chi connectivity index (χ3n) is 5.82. The maximum atomic E-state index is 12.3. The summed E-state index contributed by atoms with van der Waals surface area (Å²) >= 11 is 0. The number of carbonyl (C=O) groups is 1. The molecule has 0 atom stereocenters. The number of aromatic nitrogens is 2. The molecule has 28 heavy (non-hydrogen) atoms. The number of amides is 1. The molecule has 1 aromatic heterocycles. The van der Waals surface area contributed by atoms with Gasteiger partial charge in [0.05, 0.1) is 0 Å². The molecule has 1 aromatic carbocycles. The van der Waals surface area contributed by atoms with Crippen molar-refractivity contribution in [2.45, 2.75) is 44.6 Å². The highest BCUT2D eigenvalue weighted by Gasteiger charge is 2.26. The van der Waals surface area contributed by atoms with Crippen LogP contribution in [0.1, 0.15) is 59.8 Å². The summed E-state index contributed by atoms with van der Waals surface area (Å²) in [6.45, 7) is 3.81. The van der Waals surface area contributed by atoms with E-state index in [1.54, 1.807) is 0 Å². The van der Waals surface area contributed by atoms with Gasteiger partial charge in [-0.3, -0.25) is 14.5 Å². The maximum Gasteiger partial charge on any atom is 0.263 e. The summed E-state index contributed by atoms with van der Waals surface area (Å²) in [4.78, 5) is 33.9. The lowest BCUT2D eigenvalue weighted by molar-refractivity contribution is 0.0945. The number of likely N-dealkylation sites (tertiary alicyclic amines) is 1. The standard InChI is InChI=1S/C22H28N4O2/c27-21(19-14-24-20(18-6-7-18)25-22(19)28)23-11-8-16-9-12-26(13-10-16)15-17-4-2-1-3-5-17/h1-5,14,16,18H,6-13,15H2,(H,23,27)(H,24,25,28). The zero-order valence-corrected chi connectivity index (χ0v) is 16.2. The number of hydrogen-bond donors (Lipinski definition) is 2. The number of rotatable bonds is 7. The minimum atomic E-state index is -0.330. The van der Waals surface area contributed by atoms with Crippen molar-refractivity contribution in [3.05, 3.63) is 63.8 Å². The highest BCUT2D eigenvalue weighted by molar-refractivity contribution is 5.93. The largest absolute Gasteiger partial charge is 0.352 e. The topological polar surface area (TPSA) is 78.1 Å². The fourth-order valence-electron chi connectivity index (χ4n) is 3.89. The number of nitrogens with zero attached hydrogens (tertiary/aromatic N) is 2. The minimum absolute atomic E-state index is 0.113. The van der Waals surface area contributed by atoms with E-state index in [0.29, 0.717) is 24.2 Å². The van der Waals surface area contributed by atoms with Crippen LogP contribution in [0.5, 0.6) is 0 Å². The fraction of sp³-hybridized carbons (Fsp3) is 0.500. The van der Waals surface area contributed by atoms with Gasteiger partial charge in [0, 0.05) is 25.2 Å². The first-order valence-corrected chi connectivity index (χ1v) is 10.3. The van der Waals surface area contributed by atoms with Crippen molar-refractivity contribution in [1.82, 2.24) is 20.2 Å². The number of benzene rings is 1. The van der Waals surface area contributed by atoms with Gasteiger partial charge >= 0.3 is 0 Å². The molecule has 6 heteroatoms. The van der Waals surface area contributed by atoms with Gasteiger partial charge in [0.2, 0.25) is 0 Å². The second-order valence-electron chi connectivity index (χ2n) is 8.04. The van der Waals surface area contributed by atoms with E-state index >= 15 is 0 Å². The van der Waals surface area contributed by atoms with Crippen LogP contribution in [0.4, 0.5) is 0 Å². The van der Waals surface area contributed by atoms with Crippen molar-refractivity contribution < 1.29 is 4.79 Å². The summed E-state index contributed by atoms with van der Waals surface area (Å²) in [7, 11) is 0. The molecule has 0 unspecified atom stereocenters. The van der Waals surface area contributed by atoms with E-state index in [2.05, 4.69) is 50.5 Å². The number of nitrogens with one attached hydrogen (secondary N) is 2. The van der Waals surface area contributed by atoms with E-state index in [1.807, 2.05) is 0 Å². The Bertz CT molecular complexity index is 852. The van der Waals surface area contributed by atoms with Crippen LogP contribution in [0.25, 0.3) is 0 Å². The second kappa shape index (κ2) is 8.69. The molecule has 2 heterocycles. The van der Waals surface area contributed by atoms with Crippen molar-refractivity contribution in [3.63, 3.8) is 0 Å². The number of aromatic amines is 1. The first-order valence-electron chi connectivity index (χ1n) is 10.3. The van der Waals surface area contributed by atoms with E-state index in [1.165, 1.54) is 11.8 Å². The lowest BCUT2D eigenvalue weighted by Crippen LogP contribution is -2.35. The molecule has 1 saturated heterocycles. The Hall–Kier alpha value is -2.47. The number of H-pyrrole nitrogens is 1. The smallest absolute Gasteiger partial charge is 0.263 e. The molecule has 2 aromatic rings. The Morgan fingerprint density at radius 1 is 1.14 bits per heavy atom. The molecule has 6 nitrogen and oxygen atoms in total. The molecule has 1 saturated carbocycles. The van der Waals surface area contributed by atoms with Crippen molar-refractivity contribution in [2.75, 3.05) is 19.6 Å². The summed E-state index contributed by atoms with van der Waals surface area (Å²) in [6, 6.07) is 10.6. The van der Waals surface area contributed by atoms with Crippen LogP contribution in [0.15, 0.2) is 41.3 Å². The maximum absolute atomic E-state index is 12.3. The molecular weight excluding hydrogens is 352 g/mol. The van der Waals surface area contributed by atoms with Crippen LogP contribution in [-0.4, -0.2) is 40.4 Å². The van der Waals surface area contributed by atoms with E-state index in [0.717, 1.165) is 51.7 Å². The van der Waals surface area contributed by atoms with E-state index in [9.17, 15) is 9.59 Å². The second-order valence-corrected chi connectivity index (χ2v) is 8.04. The molecular formula is C22H28N4O2. The average Bonchev–Trinajstić information content (AvgIpc) is 3.55. The molecule has 0 bridgehead atoms. The Morgan fingerprint density at radius 2 is 1.89 bits per heavy atom. The predicted molar refractivity (Wildman–Crippen MR) is 108 cm³/mol. The zero-order chi connectivity index (χ0) is 19.3. The van der Waals surface area contributed by atoms with Crippen LogP contribution in [-0.2, 0) is 6.54 Å². The highest BCUT2D eigenvalue weighted by atomic mass is 16.2. The van der Waals surface area contributed by atoms with Crippen molar-refractivity contribution in [1.29, 1.82) is 0 Å². The molecule has 0 radical (unpaired) electrons. The summed E-state index contributed by atoms with van der Waals surface area (Å²) in [5.74, 6) is 1.39. The Balaban J connectivity index is 1.18. The monoisotopic (exact) mass is 380 g/mol. The normalized spacial score (nSPS) is 18.1. The molecule has 4 rings (SSSR count). The molecule has 2 N–H and O–H groups in total. The quantitative estimate of drug-likeness (QED) is 0.774. The van der Waals surface area contributed by atoms with E-state index in [4.69, 9.17) is 0 Å². The van der Waals surface area contributed by atoms with Gasteiger partial charge in [-0.1, -0.05) is 30.3 Å². The van der Waals surface area contributed by atoms with Gasteiger partial charge in [-0.15, -0.1) is 0 Å². The van der Waals surface area contributed by atoms with Gasteiger partial charge in [-0.2, -0.15) is 0 Å². The summed E-state index contributed by atoms with van der Waals surface area (Å²) in [5, 5.41) is 2.89. The van der Waals surface area contributed by atoms with Crippen molar-refractivity contribution >= 4 is 5.91 Å². The Kier molecular flexibility index (Phi) is 5.86. The van der Waals surface area contributed by atoms with Gasteiger partial charge in [-0.05, 0) is 56.7 Å². The van der Waals surface area contributed by atoms with Crippen LogP contribution in [0.3, 0.4) is 0 Å². The third-order valence-corrected chi connectivity index (χ3v) is 5.82. The lowest BCUT2D eigenvalue weighted by Gasteiger charge is -2.32. The molecule has 2 aliphatic rings. The molecule has 1 amide bonds. The van der Waals surface area contributed by atoms with Crippen LogP contribution in [0.2, 0.25) is 0 Å². The summed E-state index contributed by atoms with van der Waals surface area (Å²) < 4.78 is 0. The number of piperidine rings is 1. The van der Waals surface area contributed by atoms with Gasteiger partial charge in [0.25, 0.3) is 11.5 Å². The fourth-order valence-corrected chi connectivity index (χ4v) is 3.89. The van der Waals surface area contributed by atoms with Crippen LogP contribution in [0, 0.1) is 5.92 Å². The third kappa shape index (κ3) is 4.87. The zero-order valence-electron chi connectivity index (χ0n) is 16.2. The minimum Gasteiger partial charge on any atom is -0.352 e. The van der Waals surface area contributed by atoms with Gasteiger partial charge in [0.1, 0.15) is 11.4 Å². The van der Waals surface area contributed by atoms with E-state index in [-0.39, 0.29) is 17.0 Å². The molecule has 1 aliphatic heterocycles. The molecule has 1 aliphatic carbocycles. The van der Waals surface area contributed by atoms with Gasteiger partial charge < -0.3 is 10.3 Å². The van der Waals surface area contributed by atoms with Gasteiger partial charge in [0.15, 0.2) is 0 Å². The average molecular weight is 380 g/mol. The molecule has 2 fully saturated rings. The van der Waals surface area contributed by atoms with Crippen LogP contribution < -0.4 is 10.9 Å². The summed E-state index contributed by atoms with van der Waals surface area (Å²) in [5.41, 5.74) is 1.14.